The largest absolute Gasteiger partial charge is 0.497 e. The number of nitro benzene ring substituents is 1. The first-order valence-electron chi connectivity index (χ1n) is 7.47. The van der Waals surface area contributed by atoms with Crippen LogP contribution in [0.25, 0.3) is 0 Å². The molecule has 26 heavy (non-hydrogen) atoms. The molecular weight excluding hydrogens is 342 g/mol. The van der Waals surface area contributed by atoms with E-state index in [0.29, 0.717) is 11.3 Å². The second kappa shape index (κ2) is 7.97. The molecule has 0 aliphatic rings. The van der Waals surface area contributed by atoms with E-state index < -0.39 is 23.3 Å². The predicted octanol–water partition coefficient (Wildman–Crippen LogP) is 2.03. The van der Waals surface area contributed by atoms with E-state index in [0.717, 1.165) is 0 Å². The van der Waals surface area contributed by atoms with Gasteiger partial charge in [-0.1, -0.05) is 6.07 Å². The zero-order valence-corrected chi connectivity index (χ0v) is 14.1. The van der Waals surface area contributed by atoms with Crippen LogP contribution in [0.15, 0.2) is 36.4 Å². The van der Waals surface area contributed by atoms with Crippen LogP contribution in [0.1, 0.15) is 15.9 Å². The molecule has 0 fully saturated rings. The smallest absolute Gasteiger partial charge is 0.274 e. The van der Waals surface area contributed by atoms with E-state index in [1.165, 1.54) is 31.4 Å². The fourth-order valence-electron chi connectivity index (χ4n) is 2.18. The number of rotatable bonds is 7. The summed E-state index contributed by atoms with van der Waals surface area (Å²) < 4.78 is 10.3. The van der Waals surface area contributed by atoms with Gasteiger partial charge in [-0.15, -0.1) is 0 Å². The molecule has 0 spiro atoms. The highest BCUT2D eigenvalue weighted by molar-refractivity contribution is 5.96. The van der Waals surface area contributed by atoms with Crippen LogP contribution < -0.4 is 20.5 Å². The number of benzene rings is 2. The SMILES string of the molecule is COc1ccc(OCC(=O)Nc2ccc(C)c([N+](=O)[O-])c2)c(C(N)=O)c1. The molecule has 0 unspecified atom stereocenters. The Hall–Kier alpha value is -3.62. The Morgan fingerprint density at radius 1 is 1.23 bits per heavy atom. The van der Waals surface area contributed by atoms with Crippen molar-refractivity contribution in [2.45, 2.75) is 6.92 Å². The molecule has 0 heterocycles. The summed E-state index contributed by atoms with van der Waals surface area (Å²) in [6.45, 7) is 1.19. The van der Waals surface area contributed by atoms with Crippen molar-refractivity contribution in [1.29, 1.82) is 0 Å². The summed E-state index contributed by atoms with van der Waals surface area (Å²) in [6, 6.07) is 8.76. The van der Waals surface area contributed by atoms with Crippen LogP contribution in [0.2, 0.25) is 0 Å². The molecule has 0 saturated heterocycles. The number of amides is 2. The number of nitrogens with zero attached hydrogens (tertiary/aromatic N) is 1. The molecule has 0 aromatic heterocycles. The second-order valence-corrected chi connectivity index (χ2v) is 5.32. The average molecular weight is 359 g/mol. The summed E-state index contributed by atoms with van der Waals surface area (Å²) in [5.41, 5.74) is 6.00. The average Bonchev–Trinajstić information content (AvgIpc) is 2.61. The van der Waals surface area contributed by atoms with Crippen molar-refractivity contribution in [2.24, 2.45) is 5.73 Å². The lowest BCUT2D eigenvalue weighted by atomic mass is 10.2. The van der Waals surface area contributed by atoms with Crippen LogP contribution in [-0.2, 0) is 4.79 Å². The number of primary amides is 1. The number of ether oxygens (including phenoxy) is 2. The van der Waals surface area contributed by atoms with E-state index in [9.17, 15) is 19.7 Å². The summed E-state index contributed by atoms with van der Waals surface area (Å²) in [6.07, 6.45) is 0. The Bertz CT molecular complexity index is 866. The van der Waals surface area contributed by atoms with E-state index in [1.54, 1.807) is 19.1 Å². The third kappa shape index (κ3) is 4.47. The van der Waals surface area contributed by atoms with Gasteiger partial charge < -0.3 is 20.5 Å². The molecule has 2 rings (SSSR count). The number of nitro groups is 1. The summed E-state index contributed by atoms with van der Waals surface area (Å²) in [4.78, 5) is 33.9. The van der Waals surface area contributed by atoms with E-state index in [1.807, 2.05) is 0 Å². The van der Waals surface area contributed by atoms with E-state index in [4.69, 9.17) is 15.2 Å². The number of anilines is 1. The molecule has 0 saturated carbocycles. The third-order valence-electron chi connectivity index (χ3n) is 3.50. The van der Waals surface area contributed by atoms with Gasteiger partial charge in [-0.05, 0) is 31.2 Å². The third-order valence-corrected chi connectivity index (χ3v) is 3.50. The van der Waals surface area contributed by atoms with Gasteiger partial charge in [0.1, 0.15) is 11.5 Å². The van der Waals surface area contributed by atoms with Gasteiger partial charge in [-0.3, -0.25) is 19.7 Å². The van der Waals surface area contributed by atoms with Crippen molar-refractivity contribution in [3.8, 4) is 11.5 Å². The van der Waals surface area contributed by atoms with Crippen molar-refractivity contribution in [3.05, 3.63) is 57.6 Å². The van der Waals surface area contributed by atoms with Gasteiger partial charge in [-0.2, -0.15) is 0 Å². The molecule has 9 nitrogen and oxygen atoms in total. The number of nitrogens with two attached hydrogens (primary N) is 1. The number of hydrogen-bond acceptors (Lipinski definition) is 6. The molecule has 136 valence electrons. The van der Waals surface area contributed by atoms with E-state index >= 15 is 0 Å². The molecule has 9 heteroatoms. The zero-order valence-electron chi connectivity index (χ0n) is 14.1. The standard InChI is InChI=1S/C17H17N3O6/c1-10-3-4-11(7-14(10)20(23)24)19-16(21)9-26-15-6-5-12(25-2)8-13(15)17(18)22/h3-8H,9H2,1-2H3,(H2,18,22)(H,19,21). The van der Waals surface area contributed by atoms with Crippen LogP contribution in [0, 0.1) is 17.0 Å². The lowest BCUT2D eigenvalue weighted by Gasteiger charge is -2.11. The Balaban J connectivity index is 2.07. The molecule has 3 N–H and O–H groups in total. The minimum absolute atomic E-state index is 0.0723. The molecular formula is C17H17N3O6. The normalized spacial score (nSPS) is 10.1. The fourth-order valence-corrected chi connectivity index (χ4v) is 2.18. The van der Waals surface area contributed by atoms with Crippen LogP contribution in [0.5, 0.6) is 11.5 Å². The predicted molar refractivity (Wildman–Crippen MR) is 93.5 cm³/mol. The Morgan fingerprint density at radius 2 is 1.96 bits per heavy atom. The highest BCUT2D eigenvalue weighted by Crippen LogP contribution is 2.24. The molecule has 2 aromatic rings. The quantitative estimate of drug-likeness (QED) is 0.574. The van der Waals surface area contributed by atoms with E-state index in [2.05, 4.69) is 5.32 Å². The zero-order chi connectivity index (χ0) is 19.3. The maximum atomic E-state index is 12.0. The maximum Gasteiger partial charge on any atom is 0.274 e. The van der Waals surface area contributed by atoms with Crippen molar-refractivity contribution in [3.63, 3.8) is 0 Å². The lowest BCUT2D eigenvalue weighted by molar-refractivity contribution is -0.385. The van der Waals surface area contributed by atoms with E-state index in [-0.39, 0.29) is 22.7 Å². The summed E-state index contributed by atoms with van der Waals surface area (Å²) in [5.74, 6) is -0.728. The molecule has 0 aliphatic heterocycles. The topological polar surface area (TPSA) is 134 Å². The fraction of sp³-hybridized carbons (Fsp3) is 0.176. The molecule has 0 aliphatic carbocycles. The Kier molecular flexibility index (Phi) is 5.74. The number of methoxy groups -OCH3 is 1. The van der Waals surface area contributed by atoms with Crippen LogP contribution in [-0.4, -0.2) is 30.5 Å². The van der Waals surface area contributed by atoms with Gasteiger partial charge in [-0.25, -0.2) is 0 Å². The minimum Gasteiger partial charge on any atom is -0.497 e. The highest BCUT2D eigenvalue weighted by Gasteiger charge is 2.15. The minimum atomic E-state index is -0.728. The van der Waals surface area contributed by atoms with Crippen molar-refractivity contribution in [2.75, 3.05) is 19.0 Å². The van der Waals surface area contributed by atoms with Crippen LogP contribution in [0.3, 0.4) is 0 Å². The first-order chi connectivity index (χ1) is 12.3. The summed E-state index contributed by atoms with van der Waals surface area (Å²) >= 11 is 0. The first-order valence-corrected chi connectivity index (χ1v) is 7.47. The molecule has 0 bridgehead atoms. The van der Waals surface area contributed by atoms with Gasteiger partial charge in [0, 0.05) is 17.3 Å². The number of carbonyl (C=O) groups is 2. The number of aryl methyl sites for hydroxylation is 1. The van der Waals surface area contributed by atoms with Gasteiger partial charge >= 0.3 is 0 Å². The molecule has 2 aromatic carbocycles. The monoisotopic (exact) mass is 359 g/mol. The van der Waals surface area contributed by atoms with Crippen molar-refractivity contribution < 1.29 is 24.0 Å². The Morgan fingerprint density at radius 3 is 2.58 bits per heavy atom. The number of hydrogen-bond donors (Lipinski definition) is 2. The van der Waals surface area contributed by atoms with Crippen LogP contribution >= 0.6 is 0 Å². The van der Waals surface area contributed by atoms with Gasteiger partial charge in [0.25, 0.3) is 17.5 Å². The molecule has 2 amide bonds. The lowest BCUT2D eigenvalue weighted by Crippen LogP contribution is -2.21. The maximum absolute atomic E-state index is 12.0. The highest BCUT2D eigenvalue weighted by atomic mass is 16.6. The van der Waals surface area contributed by atoms with Crippen LogP contribution in [0.4, 0.5) is 11.4 Å². The van der Waals surface area contributed by atoms with Gasteiger partial charge in [0.2, 0.25) is 0 Å². The second-order valence-electron chi connectivity index (χ2n) is 5.32. The Labute approximate surface area is 148 Å². The summed E-state index contributed by atoms with van der Waals surface area (Å²) in [7, 11) is 1.44. The molecule has 0 radical (unpaired) electrons. The van der Waals surface area contributed by atoms with Gasteiger partial charge in [0.05, 0.1) is 17.6 Å². The number of nitrogens with one attached hydrogen (secondary N) is 1. The molecule has 0 atom stereocenters. The summed E-state index contributed by atoms with van der Waals surface area (Å²) in [5, 5.41) is 13.4. The van der Waals surface area contributed by atoms with Gasteiger partial charge in [0.15, 0.2) is 6.61 Å². The van der Waals surface area contributed by atoms with Crippen molar-refractivity contribution >= 4 is 23.2 Å². The van der Waals surface area contributed by atoms with Crippen molar-refractivity contribution in [1.82, 2.24) is 0 Å². The first kappa shape index (κ1) is 18.7. The number of carbonyl (C=O) groups excluding carboxylic acids is 2.